The number of alkyl halides is 2. The Morgan fingerprint density at radius 1 is 1.17 bits per heavy atom. The molecule has 11 heteroatoms. The van der Waals surface area contributed by atoms with Crippen LogP contribution in [0, 0.1) is 0 Å². The molecule has 3 aromatic heterocycles. The molecule has 2 bridgehead atoms. The Morgan fingerprint density at radius 2 is 1.94 bits per heavy atom. The number of amides is 1. The summed E-state index contributed by atoms with van der Waals surface area (Å²) in [5.41, 5.74) is 10.0. The lowest BCUT2D eigenvalue weighted by molar-refractivity contribution is -0.0506. The molecule has 1 fully saturated rings. The van der Waals surface area contributed by atoms with Crippen molar-refractivity contribution in [1.82, 2.24) is 29.5 Å². The van der Waals surface area contributed by atoms with Gasteiger partial charge in [0.05, 0.1) is 28.7 Å². The van der Waals surface area contributed by atoms with Gasteiger partial charge in [0.2, 0.25) is 0 Å². The predicted molar refractivity (Wildman–Crippen MR) is 123 cm³/mol. The third kappa shape index (κ3) is 2.98. The maximum atomic E-state index is 13.3. The number of hydrogen-bond donors (Lipinski definition) is 1. The largest absolute Gasteiger partial charge is 0.434 e. The van der Waals surface area contributed by atoms with Gasteiger partial charge < -0.3 is 15.4 Å². The molecule has 0 saturated heterocycles. The van der Waals surface area contributed by atoms with E-state index in [9.17, 15) is 13.6 Å². The molecular formula is C25H21F2N7O2. The Balaban J connectivity index is 1.39. The van der Waals surface area contributed by atoms with Crippen LogP contribution in [0.3, 0.4) is 0 Å². The molecule has 2 unspecified atom stereocenters. The smallest absolute Gasteiger partial charge is 0.387 e. The van der Waals surface area contributed by atoms with Gasteiger partial charge in [-0.15, -0.1) is 0 Å². The van der Waals surface area contributed by atoms with Crippen LogP contribution in [-0.2, 0) is 5.54 Å². The van der Waals surface area contributed by atoms with Crippen LogP contribution in [0.5, 0.6) is 5.75 Å². The third-order valence-electron chi connectivity index (χ3n) is 7.48. The summed E-state index contributed by atoms with van der Waals surface area (Å²) in [7, 11) is 1.71. The monoisotopic (exact) mass is 489 g/mol. The molecule has 2 atom stereocenters. The number of rotatable bonds is 4. The molecule has 182 valence electrons. The summed E-state index contributed by atoms with van der Waals surface area (Å²) in [6.07, 6.45) is 5.66. The Morgan fingerprint density at radius 3 is 2.67 bits per heavy atom. The second-order valence-corrected chi connectivity index (χ2v) is 9.64. The molecular weight excluding hydrogens is 468 g/mol. The highest BCUT2D eigenvalue weighted by molar-refractivity contribution is 5.98. The van der Waals surface area contributed by atoms with Crippen LogP contribution in [0.1, 0.15) is 64.4 Å². The molecule has 7 rings (SSSR count). The summed E-state index contributed by atoms with van der Waals surface area (Å²) in [6, 6.07) is 8.05. The molecule has 0 radical (unpaired) electrons. The van der Waals surface area contributed by atoms with Gasteiger partial charge in [0, 0.05) is 42.0 Å². The number of ether oxygens (including phenoxy) is 1. The number of nitrogens with zero attached hydrogens (tertiary/aromatic N) is 6. The average Bonchev–Trinajstić information content (AvgIpc) is 3.40. The van der Waals surface area contributed by atoms with Gasteiger partial charge in [-0.1, -0.05) is 6.07 Å². The lowest BCUT2D eigenvalue weighted by Crippen LogP contribution is -2.30. The lowest BCUT2D eigenvalue weighted by Gasteiger charge is -2.23. The first-order chi connectivity index (χ1) is 17.3. The van der Waals surface area contributed by atoms with Crippen LogP contribution in [0.25, 0.3) is 16.9 Å². The van der Waals surface area contributed by atoms with Crippen molar-refractivity contribution in [2.45, 2.75) is 43.4 Å². The molecule has 1 amide bonds. The highest BCUT2D eigenvalue weighted by atomic mass is 19.3. The van der Waals surface area contributed by atoms with E-state index in [0.29, 0.717) is 40.4 Å². The van der Waals surface area contributed by atoms with Crippen LogP contribution < -0.4 is 10.5 Å². The van der Waals surface area contributed by atoms with Crippen LogP contribution in [0.15, 0.2) is 42.7 Å². The number of benzene rings is 1. The fraction of sp³-hybridized carbons (Fsp3) is 0.320. The summed E-state index contributed by atoms with van der Waals surface area (Å²) < 4.78 is 33.2. The van der Waals surface area contributed by atoms with Gasteiger partial charge in [0.1, 0.15) is 11.6 Å². The standard InChI is InChI=1S/C25H21F2N7O2/c1-33-16-9-14(19-13(22(33)35)3-2-4-17(19)36-24(26)27)21-20(16)31-18-6-5-15(32-34(18)21)12-10-29-23(30-11-12)25(28)7-8-25/h2-6,10-11,14,16,24H,7-9,28H2,1H3. The molecule has 1 saturated carbocycles. The second kappa shape index (κ2) is 7.26. The zero-order valence-electron chi connectivity index (χ0n) is 19.2. The number of fused-ring (bicyclic) bond motifs is 9. The van der Waals surface area contributed by atoms with E-state index in [1.165, 1.54) is 6.07 Å². The highest BCUT2D eigenvalue weighted by Gasteiger charge is 2.46. The fourth-order valence-electron chi connectivity index (χ4n) is 5.43. The van der Waals surface area contributed by atoms with Crippen molar-refractivity contribution >= 4 is 11.6 Å². The van der Waals surface area contributed by atoms with Crippen molar-refractivity contribution in [2.24, 2.45) is 5.73 Å². The van der Waals surface area contributed by atoms with Gasteiger partial charge in [0.25, 0.3) is 5.91 Å². The van der Waals surface area contributed by atoms with Gasteiger partial charge in [-0.25, -0.2) is 19.5 Å². The zero-order chi connectivity index (χ0) is 24.8. The number of carbonyl (C=O) groups excluding carboxylic acids is 1. The van der Waals surface area contributed by atoms with E-state index in [1.54, 1.807) is 41.0 Å². The number of aromatic nitrogens is 5. The second-order valence-electron chi connectivity index (χ2n) is 9.64. The Hall–Kier alpha value is -3.99. The van der Waals surface area contributed by atoms with E-state index in [2.05, 4.69) is 9.97 Å². The molecule has 36 heavy (non-hydrogen) atoms. The van der Waals surface area contributed by atoms with E-state index in [0.717, 1.165) is 24.1 Å². The minimum atomic E-state index is -3.01. The van der Waals surface area contributed by atoms with E-state index in [4.69, 9.17) is 20.6 Å². The predicted octanol–water partition coefficient (Wildman–Crippen LogP) is 3.40. The number of hydrogen-bond acceptors (Lipinski definition) is 7. The van der Waals surface area contributed by atoms with Crippen molar-refractivity contribution in [2.75, 3.05) is 7.05 Å². The molecule has 2 aliphatic carbocycles. The molecule has 0 spiro atoms. The summed E-state index contributed by atoms with van der Waals surface area (Å²) in [6.45, 7) is -3.01. The number of imidazole rings is 1. The molecule has 9 nitrogen and oxygen atoms in total. The fourth-order valence-corrected chi connectivity index (χ4v) is 5.43. The molecule has 1 aromatic carbocycles. The van der Waals surface area contributed by atoms with Crippen molar-refractivity contribution in [3.63, 3.8) is 0 Å². The number of halogens is 2. The van der Waals surface area contributed by atoms with Crippen molar-refractivity contribution in [3.8, 4) is 17.0 Å². The lowest BCUT2D eigenvalue weighted by atomic mass is 9.91. The van der Waals surface area contributed by atoms with Gasteiger partial charge in [-0.3, -0.25) is 4.79 Å². The first-order valence-corrected chi connectivity index (χ1v) is 11.7. The van der Waals surface area contributed by atoms with E-state index >= 15 is 0 Å². The van der Waals surface area contributed by atoms with Crippen LogP contribution in [-0.4, -0.2) is 49.0 Å². The van der Waals surface area contributed by atoms with Gasteiger partial charge >= 0.3 is 6.61 Å². The first-order valence-electron chi connectivity index (χ1n) is 11.7. The Bertz CT molecular complexity index is 1550. The minimum Gasteiger partial charge on any atom is -0.434 e. The van der Waals surface area contributed by atoms with Gasteiger partial charge in [-0.2, -0.15) is 13.9 Å². The highest BCUT2D eigenvalue weighted by Crippen LogP contribution is 2.52. The maximum absolute atomic E-state index is 13.3. The number of nitrogens with two attached hydrogens (primary N) is 1. The van der Waals surface area contributed by atoms with E-state index in [-0.39, 0.29) is 17.7 Å². The number of carbonyl (C=O) groups is 1. The average molecular weight is 489 g/mol. The van der Waals surface area contributed by atoms with E-state index in [1.807, 2.05) is 12.1 Å². The third-order valence-corrected chi connectivity index (χ3v) is 7.48. The van der Waals surface area contributed by atoms with Crippen molar-refractivity contribution in [1.29, 1.82) is 0 Å². The summed E-state index contributed by atoms with van der Waals surface area (Å²) in [4.78, 5) is 28.5. The topological polar surface area (TPSA) is 112 Å². The molecule has 3 aliphatic rings. The SMILES string of the molecule is CN1C(=O)c2cccc(OC(F)F)c2C2CC1c1nc3ccc(-c4cnc(C5(N)CC5)nc4)nn3c12. The van der Waals surface area contributed by atoms with Crippen molar-refractivity contribution < 1.29 is 18.3 Å². The van der Waals surface area contributed by atoms with E-state index < -0.39 is 18.1 Å². The summed E-state index contributed by atoms with van der Waals surface area (Å²) in [5.74, 6) is -0.0308. The normalized spacial score (nSPS) is 21.5. The molecule has 1 aliphatic heterocycles. The molecule has 2 N–H and O–H groups in total. The minimum absolute atomic E-state index is 0.00590. The molecule has 4 heterocycles. The van der Waals surface area contributed by atoms with Crippen LogP contribution >= 0.6 is 0 Å². The summed E-state index contributed by atoms with van der Waals surface area (Å²) >= 11 is 0. The Labute approximate surface area is 203 Å². The first kappa shape index (κ1) is 21.3. The van der Waals surface area contributed by atoms with Crippen LogP contribution in [0.2, 0.25) is 0 Å². The van der Waals surface area contributed by atoms with Gasteiger partial charge in [0.15, 0.2) is 5.65 Å². The van der Waals surface area contributed by atoms with Crippen molar-refractivity contribution in [3.05, 3.63) is 71.1 Å². The quantitative estimate of drug-likeness (QED) is 0.468. The van der Waals surface area contributed by atoms with Crippen LogP contribution in [0.4, 0.5) is 8.78 Å². The maximum Gasteiger partial charge on any atom is 0.387 e. The molecule has 4 aromatic rings. The Kier molecular flexibility index (Phi) is 4.30. The zero-order valence-corrected chi connectivity index (χ0v) is 19.2. The van der Waals surface area contributed by atoms with Gasteiger partial charge in [-0.05, 0) is 43.5 Å². The summed E-state index contributed by atoms with van der Waals surface area (Å²) in [5, 5.41) is 4.83.